The maximum atomic E-state index is 11.2. The number of aromatic hydroxyl groups is 1. The summed E-state index contributed by atoms with van der Waals surface area (Å²) in [5, 5.41) is 15.7. The third-order valence-electron chi connectivity index (χ3n) is 2.65. The van der Waals surface area contributed by atoms with E-state index in [0.29, 0.717) is 16.4 Å². The van der Waals surface area contributed by atoms with Crippen molar-refractivity contribution in [3.63, 3.8) is 0 Å². The van der Waals surface area contributed by atoms with Crippen molar-refractivity contribution in [3.8, 4) is 5.75 Å². The summed E-state index contributed by atoms with van der Waals surface area (Å²) in [6.45, 7) is 1.52. The molecule has 0 aliphatic heterocycles. The van der Waals surface area contributed by atoms with Gasteiger partial charge in [-0.2, -0.15) is 0 Å². The molecule has 0 saturated heterocycles. The normalized spacial score (nSPS) is 9.85. The Bertz CT molecular complexity index is 639. The number of hydrogen-bond donors (Lipinski definition) is 3. The van der Waals surface area contributed by atoms with Crippen molar-refractivity contribution in [3.05, 3.63) is 54.1 Å². The highest BCUT2D eigenvalue weighted by Crippen LogP contribution is 2.16. The molecule has 0 bridgehead atoms. The van der Waals surface area contributed by atoms with E-state index in [1.54, 1.807) is 48.5 Å². The number of phenols is 1. The minimum atomic E-state index is 0.0250. The van der Waals surface area contributed by atoms with Crippen molar-refractivity contribution in [2.24, 2.45) is 0 Å². The Morgan fingerprint density at radius 3 is 2.30 bits per heavy atom. The molecule has 0 unspecified atom stereocenters. The predicted octanol–water partition coefficient (Wildman–Crippen LogP) is 3.40. The quantitative estimate of drug-likeness (QED) is 0.596. The molecule has 20 heavy (non-hydrogen) atoms. The van der Waals surface area contributed by atoms with Crippen molar-refractivity contribution in [2.45, 2.75) is 6.92 Å². The van der Waals surface area contributed by atoms with E-state index in [9.17, 15) is 9.90 Å². The van der Waals surface area contributed by atoms with Crippen LogP contribution in [0.5, 0.6) is 5.75 Å². The second-order valence-electron chi connectivity index (χ2n) is 4.26. The standard InChI is InChI=1S/C15H14N2O2S/c1-10(18)11-5-7-12(8-6-11)16-15(20)17-13-3-2-4-14(19)9-13/h2-9,19H,1H3,(H2,16,17,20). The number of hydrogen-bond acceptors (Lipinski definition) is 3. The van der Waals surface area contributed by atoms with Crippen LogP contribution in [0, 0.1) is 0 Å². The number of anilines is 2. The summed E-state index contributed by atoms with van der Waals surface area (Å²) in [5.41, 5.74) is 2.14. The molecule has 0 atom stereocenters. The van der Waals surface area contributed by atoms with Gasteiger partial charge in [-0.3, -0.25) is 4.79 Å². The second kappa shape index (κ2) is 6.16. The Hall–Kier alpha value is -2.40. The lowest BCUT2D eigenvalue weighted by atomic mass is 10.1. The number of thiocarbonyl (C=S) groups is 1. The van der Waals surface area contributed by atoms with E-state index < -0.39 is 0 Å². The van der Waals surface area contributed by atoms with Gasteiger partial charge in [0.2, 0.25) is 0 Å². The van der Waals surface area contributed by atoms with Crippen LogP contribution in [0.25, 0.3) is 0 Å². The first kappa shape index (κ1) is 14.0. The fraction of sp³-hybridized carbons (Fsp3) is 0.0667. The molecule has 102 valence electrons. The Balaban J connectivity index is 1.99. The average molecular weight is 286 g/mol. The smallest absolute Gasteiger partial charge is 0.175 e. The molecule has 0 aliphatic rings. The first-order chi connectivity index (χ1) is 9.54. The van der Waals surface area contributed by atoms with Gasteiger partial charge >= 0.3 is 0 Å². The molecule has 5 heteroatoms. The fourth-order valence-corrected chi connectivity index (χ4v) is 1.90. The van der Waals surface area contributed by atoms with Crippen LogP contribution in [0.2, 0.25) is 0 Å². The lowest BCUT2D eigenvalue weighted by Gasteiger charge is -2.11. The Morgan fingerprint density at radius 1 is 1.05 bits per heavy atom. The number of Topliss-reactive ketones (excluding diaryl/α,β-unsaturated/α-hetero) is 1. The minimum Gasteiger partial charge on any atom is -0.508 e. The van der Waals surface area contributed by atoms with Gasteiger partial charge in [-0.15, -0.1) is 0 Å². The molecular weight excluding hydrogens is 272 g/mol. The zero-order chi connectivity index (χ0) is 14.5. The zero-order valence-corrected chi connectivity index (χ0v) is 11.7. The molecule has 0 fully saturated rings. The van der Waals surface area contributed by atoms with Crippen LogP contribution in [0.15, 0.2) is 48.5 Å². The van der Waals surface area contributed by atoms with Crippen LogP contribution in [0.1, 0.15) is 17.3 Å². The van der Waals surface area contributed by atoms with Gasteiger partial charge in [0, 0.05) is 23.0 Å². The van der Waals surface area contributed by atoms with Gasteiger partial charge in [-0.25, -0.2) is 0 Å². The van der Waals surface area contributed by atoms with Gasteiger partial charge in [0.1, 0.15) is 5.75 Å². The van der Waals surface area contributed by atoms with Gasteiger partial charge in [0.15, 0.2) is 10.9 Å². The van der Waals surface area contributed by atoms with Gasteiger partial charge in [-0.05, 0) is 55.5 Å². The van der Waals surface area contributed by atoms with Gasteiger partial charge < -0.3 is 15.7 Å². The van der Waals surface area contributed by atoms with Crippen molar-refractivity contribution in [1.29, 1.82) is 0 Å². The van der Waals surface area contributed by atoms with Gasteiger partial charge in [0.05, 0.1) is 0 Å². The lowest BCUT2D eigenvalue weighted by Crippen LogP contribution is -2.18. The molecule has 2 aromatic carbocycles. The molecule has 0 amide bonds. The average Bonchev–Trinajstić information content (AvgIpc) is 2.39. The van der Waals surface area contributed by atoms with Crippen LogP contribution < -0.4 is 10.6 Å². The first-order valence-electron chi connectivity index (χ1n) is 6.02. The Morgan fingerprint density at radius 2 is 1.70 bits per heavy atom. The molecule has 0 saturated carbocycles. The Kier molecular flexibility index (Phi) is 4.32. The van der Waals surface area contributed by atoms with Crippen LogP contribution >= 0.6 is 12.2 Å². The SMILES string of the molecule is CC(=O)c1ccc(NC(=S)Nc2cccc(O)c2)cc1. The number of rotatable bonds is 3. The van der Waals surface area contributed by atoms with Crippen molar-refractivity contribution in [2.75, 3.05) is 10.6 Å². The predicted molar refractivity (Wildman–Crippen MR) is 84.4 cm³/mol. The molecule has 0 radical (unpaired) electrons. The topological polar surface area (TPSA) is 61.4 Å². The third kappa shape index (κ3) is 3.80. The minimum absolute atomic E-state index is 0.0250. The van der Waals surface area contributed by atoms with Crippen molar-refractivity contribution in [1.82, 2.24) is 0 Å². The molecule has 0 aromatic heterocycles. The molecule has 0 spiro atoms. The van der Waals surface area contributed by atoms with E-state index in [-0.39, 0.29) is 11.5 Å². The molecule has 4 nitrogen and oxygen atoms in total. The summed E-state index contributed by atoms with van der Waals surface area (Å²) in [7, 11) is 0. The number of carbonyl (C=O) groups is 1. The maximum Gasteiger partial charge on any atom is 0.175 e. The zero-order valence-electron chi connectivity index (χ0n) is 10.9. The molecule has 2 aromatic rings. The monoisotopic (exact) mass is 286 g/mol. The Labute approximate surface area is 122 Å². The highest BCUT2D eigenvalue weighted by molar-refractivity contribution is 7.80. The summed E-state index contributed by atoms with van der Waals surface area (Å²) in [6, 6.07) is 13.7. The molecule has 0 heterocycles. The lowest BCUT2D eigenvalue weighted by molar-refractivity contribution is 0.101. The maximum absolute atomic E-state index is 11.2. The molecular formula is C15H14N2O2S. The van der Waals surface area contributed by atoms with E-state index in [4.69, 9.17) is 12.2 Å². The summed E-state index contributed by atoms with van der Waals surface area (Å²) in [5.74, 6) is 0.195. The molecule has 2 rings (SSSR count). The van der Waals surface area contributed by atoms with E-state index in [1.807, 2.05) is 0 Å². The molecule has 0 aliphatic carbocycles. The summed E-state index contributed by atoms with van der Waals surface area (Å²) in [4.78, 5) is 11.2. The summed E-state index contributed by atoms with van der Waals surface area (Å²) in [6.07, 6.45) is 0. The van der Waals surface area contributed by atoms with E-state index >= 15 is 0 Å². The van der Waals surface area contributed by atoms with E-state index in [2.05, 4.69) is 10.6 Å². The van der Waals surface area contributed by atoms with Crippen LogP contribution in [0.4, 0.5) is 11.4 Å². The second-order valence-corrected chi connectivity index (χ2v) is 4.67. The summed E-state index contributed by atoms with van der Waals surface area (Å²) >= 11 is 5.17. The molecule has 3 N–H and O–H groups in total. The highest BCUT2D eigenvalue weighted by atomic mass is 32.1. The summed E-state index contributed by atoms with van der Waals surface area (Å²) < 4.78 is 0. The van der Waals surface area contributed by atoms with Gasteiger partial charge in [0.25, 0.3) is 0 Å². The fourth-order valence-electron chi connectivity index (χ4n) is 1.67. The van der Waals surface area contributed by atoms with Crippen LogP contribution in [0.3, 0.4) is 0 Å². The van der Waals surface area contributed by atoms with Crippen LogP contribution in [-0.4, -0.2) is 16.0 Å². The van der Waals surface area contributed by atoms with E-state index in [1.165, 1.54) is 6.92 Å². The first-order valence-corrected chi connectivity index (χ1v) is 6.43. The third-order valence-corrected chi connectivity index (χ3v) is 2.86. The highest BCUT2D eigenvalue weighted by Gasteiger charge is 2.02. The van der Waals surface area contributed by atoms with Crippen LogP contribution in [-0.2, 0) is 0 Å². The number of carbonyl (C=O) groups excluding carboxylic acids is 1. The number of nitrogens with one attached hydrogen (secondary N) is 2. The number of ketones is 1. The van der Waals surface area contributed by atoms with Crippen molar-refractivity contribution < 1.29 is 9.90 Å². The van der Waals surface area contributed by atoms with Crippen molar-refractivity contribution >= 4 is 34.5 Å². The largest absolute Gasteiger partial charge is 0.508 e. The van der Waals surface area contributed by atoms with Gasteiger partial charge in [-0.1, -0.05) is 6.07 Å². The number of phenolic OH excluding ortho intramolecular Hbond substituents is 1. The van der Waals surface area contributed by atoms with E-state index in [0.717, 1.165) is 5.69 Å². The number of benzene rings is 2.